The van der Waals surface area contributed by atoms with E-state index in [0.717, 1.165) is 31.2 Å². The van der Waals surface area contributed by atoms with Gasteiger partial charge in [-0.05, 0) is 50.4 Å². The highest BCUT2D eigenvalue weighted by Crippen LogP contribution is 2.47. The summed E-state index contributed by atoms with van der Waals surface area (Å²) in [7, 11) is 0. The molecule has 1 amide bonds. The van der Waals surface area contributed by atoms with E-state index in [-0.39, 0.29) is 11.9 Å². The van der Waals surface area contributed by atoms with Crippen LogP contribution in [0.1, 0.15) is 38.5 Å². The highest BCUT2D eigenvalue weighted by Gasteiger charge is 2.47. The minimum Gasteiger partial charge on any atom is -0.338 e. The van der Waals surface area contributed by atoms with Gasteiger partial charge in [-0.3, -0.25) is 4.79 Å². The van der Waals surface area contributed by atoms with Crippen molar-refractivity contribution < 1.29 is 4.79 Å². The molecule has 3 nitrogen and oxygen atoms in total. The van der Waals surface area contributed by atoms with Crippen LogP contribution in [-0.4, -0.2) is 29.4 Å². The van der Waals surface area contributed by atoms with Crippen LogP contribution in [0.2, 0.25) is 0 Å². The summed E-state index contributed by atoms with van der Waals surface area (Å²) in [5.41, 5.74) is 5.86. The Morgan fingerprint density at radius 3 is 2.27 bits per heavy atom. The Morgan fingerprint density at radius 1 is 1.13 bits per heavy atom. The van der Waals surface area contributed by atoms with E-state index in [9.17, 15) is 4.79 Å². The molecular formula is C12H20N2O. The molecule has 3 heteroatoms. The number of carbonyl (C=O) groups excluding carboxylic acids is 1. The van der Waals surface area contributed by atoms with Crippen LogP contribution < -0.4 is 5.73 Å². The smallest absolute Gasteiger partial charge is 0.239 e. The van der Waals surface area contributed by atoms with E-state index in [4.69, 9.17) is 5.73 Å². The number of piperidine rings is 1. The number of rotatable bonds is 3. The highest BCUT2D eigenvalue weighted by molar-refractivity contribution is 5.82. The average molecular weight is 208 g/mol. The molecule has 15 heavy (non-hydrogen) atoms. The molecule has 0 radical (unpaired) electrons. The molecule has 2 aliphatic carbocycles. The predicted molar refractivity (Wildman–Crippen MR) is 58.2 cm³/mol. The van der Waals surface area contributed by atoms with E-state index < -0.39 is 0 Å². The van der Waals surface area contributed by atoms with Gasteiger partial charge in [-0.2, -0.15) is 0 Å². The second-order valence-corrected chi connectivity index (χ2v) is 5.45. The van der Waals surface area contributed by atoms with Crippen LogP contribution in [0.25, 0.3) is 0 Å². The van der Waals surface area contributed by atoms with Gasteiger partial charge in [-0.15, -0.1) is 0 Å². The number of amides is 1. The van der Waals surface area contributed by atoms with E-state index in [1.54, 1.807) is 0 Å². The van der Waals surface area contributed by atoms with E-state index >= 15 is 0 Å². The Labute approximate surface area is 91.0 Å². The van der Waals surface area contributed by atoms with Gasteiger partial charge in [0.2, 0.25) is 5.91 Å². The van der Waals surface area contributed by atoms with Crippen molar-refractivity contribution >= 4 is 5.91 Å². The van der Waals surface area contributed by atoms with Crippen molar-refractivity contribution in [3.05, 3.63) is 0 Å². The Hall–Kier alpha value is -0.570. The van der Waals surface area contributed by atoms with Crippen molar-refractivity contribution in [3.8, 4) is 0 Å². The number of nitrogens with two attached hydrogens (primary N) is 1. The quantitative estimate of drug-likeness (QED) is 0.755. The molecule has 3 rings (SSSR count). The SMILES string of the molecule is NC1CCCN(C(C2CC2)C2CC2)C1=O. The zero-order valence-corrected chi connectivity index (χ0v) is 9.19. The maximum atomic E-state index is 12.0. The van der Waals surface area contributed by atoms with Gasteiger partial charge in [0.15, 0.2) is 0 Å². The Kier molecular flexibility index (Phi) is 2.23. The molecule has 1 atom stereocenters. The first-order valence-electron chi connectivity index (χ1n) is 6.33. The lowest BCUT2D eigenvalue weighted by Crippen LogP contribution is -2.53. The largest absolute Gasteiger partial charge is 0.338 e. The van der Waals surface area contributed by atoms with E-state index in [1.165, 1.54) is 25.7 Å². The van der Waals surface area contributed by atoms with Crippen molar-refractivity contribution in [2.24, 2.45) is 17.6 Å². The van der Waals surface area contributed by atoms with Gasteiger partial charge < -0.3 is 10.6 Å². The van der Waals surface area contributed by atoms with Crippen molar-refractivity contribution in [3.63, 3.8) is 0 Å². The van der Waals surface area contributed by atoms with Crippen LogP contribution in [0.15, 0.2) is 0 Å². The fourth-order valence-electron chi connectivity index (χ4n) is 2.99. The average Bonchev–Trinajstić information content (AvgIpc) is 3.06. The molecule has 1 heterocycles. The highest BCUT2D eigenvalue weighted by atomic mass is 16.2. The first kappa shape index (κ1) is 9.64. The van der Waals surface area contributed by atoms with Crippen LogP contribution in [0.3, 0.4) is 0 Å². The Balaban J connectivity index is 1.74. The molecule has 84 valence electrons. The predicted octanol–water partition coefficient (Wildman–Crippen LogP) is 1.12. The maximum absolute atomic E-state index is 12.0. The first-order chi connectivity index (χ1) is 7.27. The summed E-state index contributed by atoms with van der Waals surface area (Å²) in [5, 5.41) is 0. The van der Waals surface area contributed by atoms with Gasteiger partial charge in [-0.1, -0.05) is 0 Å². The summed E-state index contributed by atoms with van der Waals surface area (Å²) in [6.45, 7) is 0.962. The number of likely N-dealkylation sites (tertiary alicyclic amines) is 1. The van der Waals surface area contributed by atoms with Gasteiger partial charge in [0.05, 0.1) is 6.04 Å². The molecule has 0 bridgehead atoms. The molecule has 0 aromatic heterocycles. The van der Waals surface area contributed by atoms with E-state index in [2.05, 4.69) is 4.90 Å². The number of nitrogens with zero attached hydrogens (tertiary/aromatic N) is 1. The first-order valence-corrected chi connectivity index (χ1v) is 6.33. The van der Waals surface area contributed by atoms with E-state index in [1.807, 2.05) is 0 Å². The molecular weight excluding hydrogens is 188 g/mol. The van der Waals surface area contributed by atoms with Crippen molar-refractivity contribution in [1.29, 1.82) is 0 Å². The van der Waals surface area contributed by atoms with Crippen molar-refractivity contribution in [2.45, 2.75) is 50.6 Å². The fraction of sp³-hybridized carbons (Fsp3) is 0.917. The molecule has 0 spiro atoms. The van der Waals surface area contributed by atoms with Crippen LogP contribution in [-0.2, 0) is 4.79 Å². The monoisotopic (exact) mass is 208 g/mol. The van der Waals surface area contributed by atoms with Crippen LogP contribution in [0.4, 0.5) is 0 Å². The van der Waals surface area contributed by atoms with Gasteiger partial charge in [0, 0.05) is 12.6 Å². The third-order valence-electron chi connectivity index (χ3n) is 4.08. The number of hydrogen-bond acceptors (Lipinski definition) is 2. The minimum absolute atomic E-state index is 0.209. The maximum Gasteiger partial charge on any atom is 0.239 e. The van der Waals surface area contributed by atoms with Crippen molar-refractivity contribution in [2.75, 3.05) is 6.54 Å². The minimum atomic E-state index is -0.209. The van der Waals surface area contributed by atoms with Gasteiger partial charge in [-0.25, -0.2) is 0 Å². The zero-order chi connectivity index (χ0) is 10.4. The number of hydrogen-bond donors (Lipinski definition) is 1. The molecule has 1 unspecified atom stereocenters. The summed E-state index contributed by atoms with van der Waals surface area (Å²) >= 11 is 0. The normalized spacial score (nSPS) is 32.5. The molecule has 1 saturated heterocycles. The van der Waals surface area contributed by atoms with Crippen LogP contribution in [0, 0.1) is 11.8 Å². The van der Waals surface area contributed by atoms with Gasteiger partial charge >= 0.3 is 0 Å². The fourth-order valence-corrected chi connectivity index (χ4v) is 2.99. The third kappa shape index (κ3) is 1.78. The van der Waals surface area contributed by atoms with Crippen LogP contribution >= 0.6 is 0 Å². The molecule has 0 aromatic carbocycles. The lowest BCUT2D eigenvalue weighted by Gasteiger charge is -2.37. The third-order valence-corrected chi connectivity index (χ3v) is 4.08. The van der Waals surface area contributed by atoms with Gasteiger partial charge in [0.25, 0.3) is 0 Å². The molecule has 1 aliphatic heterocycles. The van der Waals surface area contributed by atoms with Crippen molar-refractivity contribution in [1.82, 2.24) is 4.90 Å². The second kappa shape index (κ2) is 3.48. The standard InChI is InChI=1S/C12H20N2O/c13-10-2-1-7-14(12(10)15)11(8-3-4-8)9-5-6-9/h8-11H,1-7,13H2. The molecule has 2 N–H and O–H groups in total. The molecule has 3 aliphatic rings. The lowest BCUT2D eigenvalue weighted by atomic mass is 9.98. The summed E-state index contributed by atoms with van der Waals surface area (Å²) < 4.78 is 0. The summed E-state index contributed by atoms with van der Waals surface area (Å²) in [6.07, 6.45) is 7.32. The summed E-state index contributed by atoms with van der Waals surface area (Å²) in [5.74, 6) is 1.85. The molecule has 2 saturated carbocycles. The second-order valence-electron chi connectivity index (χ2n) is 5.45. The van der Waals surface area contributed by atoms with E-state index in [0.29, 0.717) is 6.04 Å². The zero-order valence-electron chi connectivity index (χ0n) is 9.19. The number of carbonyl (C=O) groups is 1. The molecule has 3 fully saturated rings. The Morgan fingerprint density at radius 2 is 1.73 bits per heavy atom. The van der Waals surface area contributed by atoms with Crippen LogP contribution in [0.5, 0.6) is 0 Å². The van der Waals surface area contributed by atoms with Gasteiger partial charge in [0.1, 0.15) is 0 Å². The summed E-state index contributed by atoms with van der Waals surface area (Å²) in [6, 6.07) is 0.350. The topological polar surface area (TPSA) is 46.3 Å². The summed E-state index contributed by atoms with van der Waals surface area (Å²) in [4.78, 5) is 14.2. The Bertz CT molecular complexity index is 259. The molecule has 0 aromatic rings. The lowest BCUT2D eigenvalue weighted by molar-refractivity contribution is -0.138.